The fourth-order valence-corrected chi connectivity index (χ4v) is 3.95. The van der Waals surface area contributed by atoms with Crippen LogP contribution in [0.15, 0.2) is 30.7 Å². The first-order chi connectivity index (χ1) is 12.1. The molecule has 0 saturated heterocycles. The Balaban J connectivity index is 1.65. The SMILES string of the molecule is Cc1ncc(-c2cnc3c(c2)CN(c2ncc(C#N)cc2C)CC3)s1. The molecule has 1 aliphatic rings. The van der Waals surface area contributed by atoms with E-state index in [-0.39, 0.29) is 0 Å². The van der Waals surface area contributed by atoms with Crippen LogP contribution in [0.25, 0.3) is 10.4 Å². The lowest BCUT2D eigenvalue weighted by atomic mass is 10.0. The number of fused-ring (bicyclic) bond motifs is 1. The first-order valence-corrected chi connectivity index (χ1v) is 8.98. The Morgan fingerprint density at radius 3 is 2.72 bits per heavy atom. The fraction of sp³-hybridized carbons (Fsp3) is 0.263. The molecular formula is C19H17N5S. The topological polar surface area (TPSA) is 65.7 Å². The molecular weight excluding hydrogens is 330 g/mol. The molecule has 3 aromatic rings. The van der Waals surface area contributed by atoms with Crippen molar-refractivity contribution in [1.29, 1.82) is 5.26 Å². The van der Waals surface area contributed by atoms with Gasteiger partial charge >= 0.3 is 0 Å². The Labute approximate surface area is 150 Å². The summed E-state index contributed by atoms with van der Waals surface area (Å²) >= 11 is 1.69. The Morgan fingerprint density at radius 2 is 2.00 bits per heavy atom. The van der Waals surface area contributed by atoms with Crippen molar-refractivity contribution < 1.29 is 0 Å². The van der Waals surface area contributed by atoms with Gasteiger partial charge in [0, 0.05) is 49.4 Å². The molecule has 4 rings (SSSR count). The molecule has 0 saturated carbocycles. The third-order valence-electron chi connectivity index (χ3n) is 4.42. The van der Waals surface area contributed by atoms with Crippen LogP contribution in [0, 0.1) is 25.2 Å². The summed E-state index contributed by atoms with van der Waals surface area (Å²) in [5.41, 5.74) is 5.15. The van der Waals surface area contributed by atoms with Gasteiger partial charge in [-0.1, -0.05) is 0 Å². The molecule has 25 heavy (non-hydrogen) atoms. The maximum absolute atomic E-state index is 9.02. The summed E-state index contributed by atoms with van der Waals surface area (Å²) < 4.78 is 0. The van der Waals surface area contributed by atoms with Crippen LogP contribution >= 0.6 is 11.3 Å². The van der Waals surface area contributed by atoms with Crippen LogP contribution in [0.1, 0.15) is 27.4 Å². The van der Waals surface area contributed by atoms with Crippen molar-refractivity contribution in [3.05, 3.63) is 58.1 Å². The number of rotatable bonds is 2. The standard InChI is InChI=1S/C19H17N5S/c1-12-5-14(7-20)8-23-19(12)24-4-3-17-16(11-24)6-15(9-22-17)18-10-21-13(2)25-18/h5-6,8-10H,3-4,11H2,1-2H3. The second kappa shape index (κ2) is 6.26. The largest absolute Gasteiger partial charge is 0.352 e. The maximum atomic E-state index is 9.02. The van der Waals surface area contributed by atoms with Gasteiger partial charge in [-0.25, -0.2) is 9.97 Å². The molecule has 0 N–H and O–H groups in total. The summed E-state index contributed by atoms with van der Waals surface area (Å²) in [5.74, 6) is 0.948. The molecule has 5 nitrogen and oxygen atoms in total. The van der Waals surface area contributed by atoms with Crippen molar-refractivity contribution in [2.75, 3.05) is 11.4 Å². The molecule has 0 spiro atoms. The van der Waals surface area contributed by atoms with Crippen LogP contribution in [-0.2, 0) is 13.0 Å². The van der Waals surface area contributed by atoms with E-state index in [2.05, 4.69) is 32.0 Å². The number of anilines is 1. The van der Waals surface area contributed by atoms with Crippen molar-refractivity contribution in [2.24, 2.45) is 0 Å². The van der Waals surface area contributed by atoms with E-state index in [1.54, 1.807) is 17.5 Å². The van der Waals surface area contributed by atoms with Crippen LogP contribution < -0.4 is 4.90 Å². The number of aryl methyl sites for hydroxylation is 2. The highest BCUT2D eigenvalue weighted by Crippen LogP contribution is 2.30. The predicted octanol–water partition coefficient (Wildman–Crippen LogP) is 3.65. The van der Waals surface area contributed by atoms with Gasteiger partial charge in [-0.05, 0) is 37.1 Å². The van der Waals surface area contributed by atoms with E-state index in [1.807, 2.05) is 32.3 Å². The average molecular weight is 347 g/mol. The summed E-state index contributed by atoms with van der Waals surface area (Å²) in [6.07, 6.45) is 6.41. The highest BCUT2D eigenvalue weighted by Gasteiger charge is 2.21. The summed E-state index contributed by atoms with van der Waals surface area (Å²) in [5, 5.41) is 10.1. The van der Waals surface area contributed by atoms with Crippen molar-refractivity contribution in [3.63, 3.8) is 0 Å². The number of pyridine rings is 2. The van der Waals surface area contributed by atoms with Gasteiger partial charge in [0.15, 0.2) is 0 Å². The van der Waals surface area contributed by atoms with Gasteiger partial charge in [0.2, 0.25) is 0 Å². The molecule has 124 valence electrons. The smallest absolute Gasteiger partial charge is 0.131 e. The molecule has 3 aromatic heterocycles. The first kappa shape index (κ1) is 15.7. The van der Waals surface area contributed by atoms with Gasteiger partial charge < -0.3 is 4.90 Å². The average Bonchev–Trinajstić information content (AvgIpc) is 3.07. The number of hydrogen-bond donors (Lipinski definition) is 0. The van der Waals surface area contributed by atoms with E-state index in [9.17, 15) is 0 Å². The zero-order valence-electron chi connectivity index (χ0n) is 14.2. The van der Waals surface area contributed by atoms with E-state index in [1.165, 1.54) is 5.56 Å². The van der Waals surface area contributed by atoms with Gasteiger partial charge in [0.1, 0.15) is 11.9 Å². The lowest BCUT2D eigenvalue weighted by molar-refractivity contribution is 0.701. The second-order valence-electron chi connectivity index (χ2n) is 6.22. The van der Waals surface area contributed by atoms with Crippen LogP contribution in [0.5, 0.6) is 0 Å². The molecule has 0 fully saturated rings. The fourth-order valence-electron chi connectivity index (χ4n) is 3.20. The van der Waals surface area contributed by atoms with Crippen molar-refractivity contribution in [3.8, 4) is 16.5 Å². The highest BCUT2D eigenvalue weighted by molar-refractivity contribution is 7.15. The van der Waals surface area contributed by atoms with Crippen LogP contribution in [0.4, 0.5) is 5.82 Å². The molecule has 0 amide bonds. The second-order valence-corrected chi connectivity index (χ2v) is 7.46. The molecule has 4 heterocycles. The highest BCUT2D eigenvalue weighted by atomic mass is 32.1. The van der Waals surface area contributed by atoms with Crippen molar-refractivity contribution in [1.82, 2.24) is 15.0 Å². The summed E-state index contributed by atoms with van der Waals surface area (Å²) in [4.78, 5) is 16.9. The van der Waals surface area contributed by atoms with E-state index in [0.717, 1.165) is 52.0 Å². The van der Waals surface area contributed by atoms with Crippen LogP contribution in [0.2, 0.25) is 0 Å². The quantitative estimate of drug-likeness (QED) is 0.708. The van der Waals surface area contributed by atoms with E-state index < -0.39 is 0 Å². The van der Waals surface area contributed by atoms with Crippen LogP contribution in [-0.4, -0.2) is 21.5 Å². The Morgan fingerprint density at radius 1 is 1.12 bits per heavy atom. The van der Waals surface area contributed by atoms with Gasteiger partial charge in [-0.3, -0.25) is 4.98 Å². The predicted molar refractivity (Wildman–Crippen MR) is 98.5 cm³/mol. The first-order valence-electron chi connectivity index (χ1n) is 8.16. The Kier molecular flexibility index (Phi) is 3.94. The zero-order chi connectivity index (χ0) is 17.4. The summed E-state index contributed by atoms with van der Waals surface area (Å²) in [7, 11) is 0. The lowest BCUT2D eigenvalue weighted by Gasteiger charge is -2.30. The zero-order valence-corrected chi connectivity index (χ0v) is 15.0. The molecule has 0 unspecified atom stereocenters. The van der Waals surface area contributed by atoms with E-state index in [4.69, 9.17) is 5.26 Å². The molecule has 0 radical (unpaired) electrons. The van der Waals surface area contributed by atoms with E-state index in [0.29, 0.717) is 5.56 Å². The molecule has 6 heteroatoms. The van der Waals surface area contributed by atoms with Gasteiger partial charge in [-0.15, -0.1) is 11.3 Å². The molecule has 0 atom stereocenters. The normalized spacial score (nSPS) is 13.4. The number of aromatic nitrogens is 3. The number of thiazole rings is 1. The van der Waals surface area contributed by atoms with Gasteiger partial charge in [-0.2, -0.15) is 5.26 Å². The third kappa shape index (κ3) is 2.99. The number of hydrogen-bond acceptors (Lipinski definition) is 6. The van der Waals surface area contributed by atoms with E-state index >= 15 is 0 Å². The minimum Gasteiger partial charge on any atom is -0.352 e. The van der Waals surface area contributed by atoms with Crippen molar-refractivity contribution >= 4 is 17.2 Å². The molecule has 0 aromatic carbocycles. The summed E-state index contributed by atoms with van der Waals surface area (Å²) in [6.45, 7) is 5.70. The third-order valence-corrected chi connectivity index (χ3v) is 5.39. The Bertz CT molecular complexity index is 986. The molecule has 0 bridgehead atoms. The number of nitriles is 1. The summed E-state index contributed by atoms with van der Waals surface area (Å²) in [6, 6.07) is 6.26. The molecule has 0 aliphatic carbocycles. The van der Waals surface area contributed by atoms with Crippen LogP contribution in [0.3, 0.4) is 0 Å². The Hall–Kier alpha value is -2.78. The maximum Gasteiger partial charge on any atom is 0.131 e. The minimum absolute atomic E-state index is 0.600. The van der Waals surface area contributed by atoms with Crippen molar-refractivity contribution in [2.45, 2.75) is 26.8 Å². The van der Waals surface area contributed by atoms with Gasteiger partial charge in [0.05, 0.1) is 15.4 Å². The minimum atomic E-state index is 0.600. The molecule has 1 aliphatic heterocycles. The monoisotopic (exact) mass is 347 g/mol. The number of nitrogens with zero attached hydrogens (tertiary/aromatic N) is 5. The lowest BCUT2D eigenvalue weighted by Crippen LogP contribution is -2.32. The van der Waals surface area contributed by atoms with Gasteiger partial charge in [0.25, 0.3) is 0 Å².